The van der Waals surface area contributed by atoms with Crippen molar-refractivity contribution >= 4 is 22.1 Å². The molecule has 1 amide bonds. The lowest BCUT2D eigenvalue weighted by molar-refractivity contribution is 0.0526. The van der Waals surface area contributed by atoms with Crippen LogP contribution in [0.5, 0.6) is 0 Å². The Bertz CT molecular complexity index is 724. The molecule has 144 valence electrons. The lowest BCUT2D eigenvalue weighted by atomic mass is 10.1. The van der Waals surface area contributed by atoms with Gasteiger partial charge in [-0.2, -0.15) is 0 Å². The summed E-state index contributed by atoms with van der Waals surface area (Å²) in [5, 5.41) is 0. The molecule has 0 unspecified atom stereocenters. The summed E-state index contributed by atoms with van der Waals surface area (Å²) in [6, 6.07) is 5.35. The smallest absolute Gasteiger partial charge is 0.409 e. The number of piperidine rings is 1. The van der Waals surface area contributed by atoms with Gasteiger partial charge in [0, 0.05) is 19.1 Å². The van der Waals surface area contributed by atoms with Crippen molar-refractivity contribution in [3.8, 4) is 0 Å². The predicted octanol–water partition coefficient (Wildman–Crippen LogP) is 1.76. The largest absolute Gasteiger partial charge is 0.462 e. The van der Waals surface area contributed by atoms with E-state index in [1.54, 1.807) is 18.7 Å². The molecule has 0 bridgehead atoms. The molecular formula is C17H24N2O6S. The zero-order valence-corrected chi connectivity index (χ0v) is 15.8. The van der Waals surface area contributed by atoms with Crippen molar-refractivity contribution in [3.63, 3.8) is 0 Å². The molecule has 1 saturated heterocycles. The van der Waals surface area contributed by atoms with Crippen molar-refractivity contribution in [2.75, 3.05) is 26.3 Å². The molecule has 0 radical (unpaired) electrons. The fraction of sp³-hybridized carbons (Fsp3) is 0.529. The van der Waals surface area contributed by atoms with Crippen LogP contribution >= 0.6 is 0 Å². The van der Waals surface area contributed by atoms with E-state index in [0.717, 1.165) is 0 Å². The van der Waals surface area contributed by atoms with Crippen LogP contribution in [0, 0.1) is 0 Å². The van der Waals surface area contributed by atoms with Crippen molar-refractivity contribution in [1.29, 1.82) is 0 Å². The fourth-order valence-electron chi connectivity index (χ4n) is 2.67. The van der Waals surface area contributed by atoms with Crippen LogP contribution in [-0.2, 0) is 19.5 Å². The van der Waals surface area contributed by atoms with Crippen LogP contribution < -0.4 is 4.72 Å². The second-order valence-electron chi connectivity index (χ2n) is 5.83. The van der Waals surface area contributed by atoms with Crippen molar-refractivity contribution < 1.29 is 27.5 Å². The topological polar surface area (TPSA) is 102 Å². The molecule has 8 nitrogen and oxygen atoms in total. The van der Waals surface area contributed by atoms with E-state index in [-0.39, 0.29) is 23.6 Å². The lowest BCUT2D eigenvalue weighted by Crippen LogP contribution is -2.46. The number of hydrogen-bond acceptors (Lipinski definition) is 6. The van der Waals surface area contributed by atoms with Crippen LogP contribution in [0.4, 0.5) is 4.79 Å². The number of carbonyl (C=O) groups excluding carboxylic acids is 2. The number of amides is 1. The number of esters is 1. The van der Waals surface area contributed by atoms with Gasteiger partial charge < -0.3 is 14.4 Å². The highest BCUT2D eigenvalue weighted by Gasteiger charge is 2.27. The van der Waals surface area contributed by atoms with Crippen LogP contribution in [-0.4, -0.2) is 57.7 Å². The molecule has 0 atom stereocenters. The van der Waals surface area contributed by atoms with E-state index in [1.807, 2.05) is 0 Å². The van der Waals surface area contributed by atoms with E-state index in [4.69, 9.17) is 9.47 Å². The van der Waals surface area contributed by atoms with Gasteiger partial charge in [-0.3, -0.25) is 0 Å². The Hall–Kier alpha value is -2.13. The highest BCUT2D eigenvalue weighted by molar-refractivity contribution is 7.89. The van der Waals surface area contributed by atoms with Crippen LogP contribution in [0.2, 0.25) is 0 Å². The van der Waals surface area contributed by atoms with Gasteiger partial charge in [-0.1, -0.05) is 0 Å². The summed E-state index contributed by atoms with van der Waals surface area (Å²) in [6.45, 7) is 4.89. The number of carbonyl (C=O) groups is 2. The van der Waals surface area contributed by atoms with E-state index in [2.05, 4.69) is 4.72 Å². The molecule has 0 spiro atoms. The summed E-state index contributed by atoms with van der Waals surface area (Å²) in [4.78, 5) is 25.0. The number of likely N-dealkylation sites (tertiary alicyclic amines) is 1. The number of nitrogens with one attached hydrogen (secondary N) is 1. The summed E-state index contributed by atoms with van der Waals surface area (Å²) in [7, 11) is -3.70. The highest BCUT2D eigenvalue weighted by atomic mass is 32.2. The molecule has 1 aliphatic heterocycles. The van der Waals surface area contributed by atoms with Gasteiger partial charge in [-0.15, -0.1) is 0 Å². The zero-order chi connectivity index (χ0) is 19.2. The molecule has 9 heteroatoms. The molecular weight excluding hydrogens is 360 g/mol. The van der Waals surface area contributed by atoms with Crippen LogP contribution in [0.15, 0.2) is 29.2 Å². The Labute approximate surface area is 153 Å². The van der Waals surface area contributed by atoms with Gasteiger partial charge in [-0.25, -0.2) is 22.7 Å². The second-order valence-corrected chi connectivity index (χ2v) is 7.54. The van der Waals surface area contributed by atoms with Gasteiger partial charge in [0.15, 0.2) is 0 Å². The Morgan fingerprint density at radius 2 is 1.65 bits per heavy atom. The quantitative estimate of drug-likeness (QED) is 0.750. The summed E-state index contributed by atoms with van der Waals surface area (Å²) in [6.07, 6.45) is 0.654. The standard InChI is InChI=1S/C17H24N2O6S/c1-3-24-16(20)13-5-7-15(8-6-13)26(22,23)18-14-9-11-19(12-10-14)17(21)25-4-2/h5-8,14,18H,3-4,9-12H2,1-2H3. The Kier molecular flexibility index (Phi) is 6.98. The summed E-state index contributed by atoms with van der Waals surface area (Å²) >= 11 is 0. The first kappa shape index (κ1) is 20.2. The molecule has 2 rings (SSSR count). The maximum Gasteiger partial charge on any atom is 0.409 e. The first-order valence-electron chi connectivity index (χ1n) is 8.58. The number of benzene rings is 1. The van der Waals surface area contributed by atoms with E-state index in [0.29, 0.717) is 38.1 Å². The number of rotatable bonds is 6. The maximum atomic E-state index is 12.5. The van der Waals surface area contributed by atoms with Crippen molar-refractivity contribution in [3.05, 3.63) is 29.8 Å². The maximum absolute atomic E-state index is 12.5. The minimum Gasteiger partial charge on any atom is -0.462 e. The summed E-state index contributed by atoms with van der Waals surface area (Å²) in [5.74, 6) is -0.490. The van der Waals surface area contributed by atoms with Gasteiger partial charge in [0.2, 0.25) is 10.0 Å². The second kappa shape index (κ2) is 9.00. The van der Waals surface area contributed by atoms with Crippen LogP contribution in [0.25, 0.3) is 0 Å². The van der Waals surface area contributed by atoms with Gasteiger partial charge in [-0.05, 0) is 51.0 Å². The van der Waals surface area contributed by atoms with E-state index in [9.17, 15) is 18.0 Å². The molecule has 0 aliphatic carbocycles. The molecule has 0 saturated carbocycles. The van der Waals surface area contributed by atoms with Crippen molar-refractivity contribution in [1.82, 2.24) is 9.62 Å². The third kappa shape index (κ3) is 5.18. The monoisotopic (exact) mass is 384 g/mol. The van der Waals surface area contributed by atoms with E-state index in [1.165, 1.54) is 24.3 Å². The number of nitrogens with zero attached hydrogens (tertiary/aromatic N) is 1. The molecule has 1 fully saturated rings. The molecule has 1 aromatic carbocycles. The molecule has 1 heterocycles. The zero-order valence-electron chi connectivity index (χ0n) is 14.9. The third-order valence-electron chi connectivity index (χ3n) is 4.02. The van der Waals surface area contributed by atoms with E-state index < -0.39 is 16.0 Å². The first-order chi connectivity index (χ1) is 12.4. The van der Waals surface area contributed by atoms with Crippen LogP contribution in [0.1, 0.15) is 37.0 Å². The van der Waals surface area contributed by atoms with E-state index >= 15 is 0 Å². The fourth-order valence-corrected chi connectivity index (χ4v) is 3.97. The number of hydrogen-bond donors (Lipinski definition) is 1. The van der Waals surface area contributed by atoms with Crippen LogP contribution in [0.3, 0.4) is 0 Å². The lowest BCUT2D eigenvalue weighted by Gasteiger charge is -2.31. The summed E-state index contributed by atoms with van der Waals surface area (Å²) < 4.78 is 37.5. The predicted molar refractivity (Wildman–Crippen MR) is 94.3 cm³/mol. The minimum atomic E-state index is -3.70. The molecule has 1 aliphatic rings. The van der Waals surface area contributed by atoms with Gasteiger partial charge in [0.1, 0.15) is 0 Å². The normalized spacial score (nSPS) is 15.5. The Balaban J connectivity index is 1.95. The number of sulfonamides is 1. The average Bonchev–Trinajstić information content (AvgIpc) is 2.62. The third-order valence-corrected chi connectivity index (χ3v) is 5.55. The molecule has 26 heavy (non-hydrogen) atoms. The molecule has 1 aromatic rings. The molecule has 0 aromatic heterocycles. The first-order valence-corrected chi connectivity index (χ1v) is 10.1. The van der Waals surface area contributed by atoms with Crippen molar-refractivity contribution in [2.45, 2.75) is 37.6 Å². The SMILES string of the molecule is CCOC(=O)c1ccc(S(=O)(=O)NC2CCN(C(=O)OCC)CC2)cc1. The minimum absolute atomic E-state index is 0.0818. The highest BCUT2D eigenvalue weighted by Crippen LogP contribution is 2.16. The average molecular weight is 384 g/mol. The number of ether oxygens (including phenoxy) is 2. The Morgan fingerprint density at radius 3 is 2.19 bits per heavy atom. The summed E-state index contributed by atoms with van der Waals surface area (Å²) in [5.41, 5.74) is 0.300. The van der Waals surface area contributed by atoms with Gasteiger partial charge >= 0.3 is 12.1 Å². The van der Waals surface area contributed by atoms with Gasteiger partial charge in [0.05, 0.1) is 23.7 Å². The molecule has 1 N–H and O–H groups in total. The van der Waals surface area contributed by atoms with Crippen molar-refractivity contribution in [2.24, 2.45) is 0 Å². The Morgan fingerprint density at radius 1 is 1.08 bits per heavy atom. The van der Waals surface area contributed by atoms with Gasteiger partial charge in [0.25, 0.3) is 0 Å².